The van der Waals surface area contributed by atoms with Crippen LogP contribution in [-0.4, -0.2) is 37.6 Å². The molecule has 1 aliphatic rings. The molecule has 0 aromatic rings. The highest BCUT2D eigenvalue weighted by atomic mass is 16.5. The molecule has 5 nitrogen and oxygen atoms in total. The van der Waals surface area contributed by atoms with Crippen molar-refractivity contribution >= 4 is 11.8 Å². The van der Waals surface area contributed by atoms with Crippen LogP contribution in [0, 0.1) is 5.41 Å². The number of carbonyl (C=O) groups is 2. The van der Waals surface area contributed by atoms with Crippen LogP contribution in [0.2, 0.25) is 0 Å². The standard InChI is InChI=1S/C18H34N2O3/c1-18(2,3)17(22)20-12-7-11-16(21)19-13-8-14-23-15-9-5-4-6-10-15/h15H,4-14H2,1-3H3,(H,19,21)(H,20,22). The van der Waals surface area contributed by atoms with Crippen LogP contribution >= 0.6 is 0 Å². The van der Waals surface area contributed by atoms with E-state index in [4.69, 9.17) is 4.74 Å². The van der Waals surface area contributed by atoms with Gasteiger partial charge in [-0.25, -0.2) is 0 Å². The molecule has 0 saturated heterocycles. The summed E-state index contributed by atoms with van der Waals surface area (Å²) in [5.41, 5.74) is -0.374. The molecule has 0 spiro atoms. The Labute approximate surface area is 140 Å². The zero-order valence-electron chi connectivity index (χ0n) is 15.1. The van der Waals surface area contributed by atoms with E-state index in [9.17, 15) is 9.59 Å². The largest absolute Gasteiger partial charge is 0.378 e. The molecule has 2 amide bonds. The lowest BCUT2D eigenvalue weighted by Crippen LogP contribution is -2.35. The molecule has 5 heteroatoms. The second kappa shape index (κ2) is 10.6. The summed E-state index contributed by atoms with van der Waals surface area (Å²) in [5, 5.41) is 5.76. The number of hydrogen-bond acceptors (Lipinski definition) is 3. The van der Waals surface area contributed by atoms with Crippen molar-refractivity contribution in [3.63, 3.8) is 0 Å². The molecule has 134 valence electrons. The lowest BCUT2D eigenvalue weighted by atomic mass is 9.96. The smallest absolute Gasteiger partial charge is 0.225 e. The van der Waals surface area contributed by atoms with Gasteiger partial charge in [0, 0.05) is 31.5 Å². The third kappa shape index (κ3) is 9.59. The average Bonchev–Trinajstić information content (AvgIpc) is 2.51. The molecule has 0 bridgehead atoms. The van der Waals surface area contributed by atoms with Gasteiger partial charge in [-0.1, -0.05) is 40.0 Å². The average molecular weight is 326 g/mol. The van der Waals surface area contributed by atoms with Crippen molar-refractivity contribution in [3.05, 3.63) is 0 Å². The van der Waals surface area contributed by atoms with Crippen LogP contribution in [0.1, 0.15) is 72.1 Å². The molecule has 1 saturated carbocycles. The SMILES string of the molecule is CC(C)(C)C(=O)NCCCC(=O)NCCCOC1CCCCC1. The Morgan fingerprint density at radius 1 is 1.00 bits per heavy atom. The van der Waals surface area contributed by atoms with Crippen molar-refractivity contribution in [2.24, 2.45) is 5.41 Å². The molecule has 0 atom stereocenters. The van der Waals surface area contributed by atoms with Gasteiger partial charge in [0.2, 0.25) is 11.8 Å². The zero-order valence-corrected chi connectivity index (χ0v) is 15.1. The number of rotatable bonds is 9. The van der Waals surface area contributed by atoms with Crippen LogP contribution in [-0.2, 0) is 14.3 Å². The van der Waals surface area contributed by atoms with Gasteiger partial charge in [-0.05, 0) is 25.7 Å². The maximum atomic E-state index is 11.7. The van der Waals surface area contributed by atoms with E-state index in [0.29, 0.717) is 32.0 Å². The summed E-state index contributed by atoms with van der Waals surface area (Å²) in [5.74, 6) is 0.0745. The maximum Gasteiger partial charge on any atom is 0.225 e. The van der Waals surface area contributed by atoms with Crippen molar-refractivity contribution in [2.45, 2.75) is 78.2 Å². The number of amides is 2. The summed E-state index contributed by atoms with van der Waals surface area (Å²) in [4.78, 5) is 23.3. The van der Waals surface area contributed by atoms with Gasteiger partial charge in [0.05, 0.1) is 6.10 Å². The molecular formula is C18H34N2O3. The third-order valence-electron chi connectivity index (χ3n) is 4.10. The molecule has 23 heavy (non-hydrogen) atoms. The number of hydrogen-bond donors (Lipinski definition) is 2. The summed E-state index contributed by atoms with van der Waals surface area (Å²) in [6, 6.07) is 0. The Balaban J connectivity index is 1.93. The second-order valence-electron chi connectivity index (χ2n) is 7.44. The van der Waals surface area contributed by atoms with E-state index in [1.54, 1.807) is 0 Å². The third-order valence-corrected chi connectivity index (χ3v) is 4.10. The Bertz CT molecular complexity index is 358. The normalized spacial score (nSPS) is 16.1. The second-order valence-corrected chi connectivity index (χ2v) is 7.44. The lowest BCUT2D eigenvalue weighted by Gasteiger charge is -2.21. The van der Waals surface area contributed by atoms with Gasteiger partial charge in [-0.15, -0.1) is 0 Å². The first kappa shape index (κ1) is 19.9. The minimum Gasteiger partial charge on any atom is -0.378 e. The highest BCUT2D eigenvalue weighted by Gasteiger charge is 2.20. The van der Waals surface area contributed by atoms with Gasteiger partial charge in [-0.2, -0.15) is 0 Å². The predicted octanol–water partition coefficient (Wildman–Crippen LogP) is 2.78. The Morgan fingerprint density at radius 2 is 1.65 bits per heavy atom. The van der Waals surface area contributed by atoms with Gasteiger partial charge < -0.3 is 15.4 Å². The zero-order chi connectivity index (χ0) is 17.1. The molecule has 0 aliphatic heterocycles. The quantitative estimate of drug-likeness (QED) is 0.640. The highest BCUT2D eigenvalue weighted by molar-refractivity contribution is 5.81. The minimum absolute atomic E-state index is 0.0257. The van der Waals surface area contributed by atoms with E-state index < -0.39 is 0 Å². The summed E-state index contributed by atoms with van der Waals surface area (Å²) < 4.78 is 5.82. The fraction of sp³-hybridized carbons (Fsp3) is 0.889. The van der Waals surface area contributed by atoms with Gasteiger partial charge in [0.15, 0.2) is 0 Å². The lowest BCUT2D eigenvalue weighted by molar-refractivity contribution is -0.128. The van der Waals surface area contributed by atoms with Gasteiger partial charge in [0.1, 0.15) is 0 Å². The summed E-state index contributed by atoms with van der Waals surface area (Å²) in [6.45, 7) is 7.58. The Hall–Kier alpha value is -1.10. The van der Waals surface area contributed by atoms with E-state index in [1.807, 2.05) is 20.8 Å². The van der Waals surface area contributed by atoms with Crippen molar-refractivity contribution in [3.8, 4) is 0 Å². The van der Waals surface area contributed by atoms with E-state index >= 15 is 0 Å². The van der Waals surface area contributed by atoms with E-state index in [2.05, 4.69) is 10.6 Å². The number of nitrogens with one attached hydrogen (secondary N) is 2. The molecule has 1 rings (SSSR count). The molecule has 2 N–H and O–H groups in total. The van der Waals surface area contributed by atoms with E-state index in [1.165, 1.54) is 32.1 Å². The van der Waals surface area contributed by atoms with Gasteiger partial charge in [0.25, 0.3) is 0 Å². The van der Waals surface area contributed by atoms with Crippen LogP contribution < -0.4 is 10.6 Å². The van der Waals surface area contributed by atoms with Crippen molar-refractivity contribution in [2.75, 3.05) is 19.7 Å². The Morgan fingerprint density at radius 3 is 2.30 bits per heavy atom. The molecular weight excluding hydrogens is 292 g/mol. The van der Waals surface area contributed by atoms with Crippen molar-refractivity contribution < 1.29 is 14.3 Å². The van der Waals surface area contributed by atoms with Gasteiger partial charge in [-0.3, -0.25) is 9.59 Å². The summed E-state index contributed by atoms with van der Waals surface area (Å²) in [6.07, 6.45) is 8.71. The summed E-state index contributed by atoms with van der Waals surface area (Å²) >= 11 is 0. The van der Waals surface area contributed by atoms with Crippen LogP contribution in [0.25, 0.3) is 0 Å². The first-order chi connectivity index (χ1) is 10.9. The molecule has 1 aliphatic carbocycles. The fourth-order valence-corrected chi connectivity index (χ4v) is 2.59. The molecule has 0 radical (unpaired) electrons. The molecule has 0 unspecified atom stereocenters. The predicted molar refractivity (Wildman–Crippen MR) is 92.2 cm³/mol. The van der Waals surface area contributed by atoms with Crippen LogP contribution in [0.3, 0.4) is 0 Å². The molecule has 0 aromatic heterocycles. The van der Waals surface area contributed by atoms with Crippen LogP contribution in [0.15, 0.2) is 0 Å². The monoisotopic (exact) mass is 326 g/mol. The molecule has 1 fully saturated rings. The van der Waals surface area contributed by atoms with Crippen LogP contribution in [0.5, 0.6) is 0 Å². The van der Waals surface area contributed by atoms with Crippen molar-refractivity contribution in [1.29, 1.82) is 0 Å². The first-order valence-electron chi connectivity index (χ1n) is 9.06. The molecule has 0 heterocycles. The summed E-state index contributed by atoms with van der Waals surface area (Å²) in [7, 11) is 0. The fourth-order valence-electron chi connectivity index (χ4n) is 2.59. The van der Waals surface area contributed by atoms with Crippen LogP contribution in [0.4, 0.5) is 0 Å². The maximum absolute atomic E-state index is 11.7. The van der Waals surface area contributed by atoms with Crippen molar-refractivity contribution in [1.82, 2.24) is 10.6 Å². The van der Waals surface area contributed by atoms with Gasteiger partial charge >= 0.3 is 0 Å². The highest BCUT2D eigenvalue weighted by Crippen LogP contribution is 2.20. The topological polar surface area (TPSA) is 67.4 Å². The number of ether oxygens (including phenoxy) is 1. The minimum atomic E-state index is -0.374. The van der Waals surface area contributed by atoms with E-state index in [0.717, 1.165) is 13.0 Å². The molecule has 0 aromatic carbocycles. The van der Waals surface area contributed by atoms with E-state index in [-0.39, 0.29) is 17.2 Å². The first-order valence-corrected chi connectivity index (χ1v) is 9.06. The Kier molecular flexibility index (Phi) is 9.22. The number of carbonyl (C=O) groups excluding carboxylic acids is 2.